The van der Waals surface area contributed by atoms with Gasteiger partial charge in [0, 0.05) is 11.3 Å². The molecule has 0 unspecified atom stereocenters. The second kappa shape index (κ2) is 5.03. The lowest BCUT2D eigenvalue weighted by Gasteiger charge is -1.97. The number of aryl methyl sites for hydroxylation is 2. The van der Waals surface area contributed by atoms with Crippen LogP contribution in [0.2, 0.25) is 0 Å². The molecule has 0 spiro atoms. The Labute approximate surface area is 112 Å². The number of anilines is 1. The third-order valence-corrected chi connectivity index (χ3v) is 4.76. The van der Waals surface area contributed by atoms with E-state index in [4.69, 9.17) is 15.3 Å². The third kappa shape index (κ3) is 2.68. The maximum Gasteiger partial charge on any atom is 0.371 e. The number of thiazole rings is 1. The van der Waals surface area contributed by atoms with Crippen LogP contribution in [0, 0.1) is 13.8 Å². The normalized spacial score (nSPS) is 10.8. The molecule has 18 heavy (non-hydrogen) atoms. The summed E-state index contributed by atoms with van der Waals surface area (Å²) in [6.45, 7) is 3.66. The topological polar surface area (TPSA) is 89.3 Å². The summed E-state index contributed by atoms with van der Waals surface area (Å²) in [5.41, 5.74) is 7.40. The van der Waals surface area contributed by atoms with Crippen molar-refractivity contribution >= 4 is 34.2 Å². The van der Waals surface area contributed by atoms with Crippen LogP contribution in [-0.4, -0.2) is 16.1 Å². The van der Waals surface area contributed by atoms with Gasteiger partial charge in [0.05, 0.1) is 9.90 Å². The van der Waals surface area contributed by atoms with Gasteiger partial charge in [-0.05, 0) is 19.9 Å². The van der Waals surface area contributed by atoms with Crippen LogP contribution in [0.4, 0.5) is 5.13 Å². The lowest BCUT2D eigenvalue weighted by Crippen LogP contribution is -1.91. The quantitative estimate of drug-likeness (QED) is 0.839. The predicted molar refractivity (Wildman–Crippen MR) is 71.2 cm³/mol. The van der Waals surface area contributed by atoms with Gasteiger partial charge in [-0.1, -0.05) is 11.3 Å². The number of thioether (sulfide) groups is 1. The van der Waals surface area contributed by atoms with E-state index in [0.717, 1.165) is 15.5 Å². The largest absolute Gasteiger partial charge is 0.475 e. The summed E-state index contributed by atoms with van der Waals surface area (Å²) in [6, 6.07) is 1.56. The zero-order valence-electron chi connectivity index (χ0n) is 9.89. The van der Waals surface area contributed by atoms with Gasteiger partial charge in [0.2, 0.25) is 5.76 Å². The summed E-state index contributed by atoms with van der Waals surface area (Å²) in [5, 5.41) is 9.38. The van der Waals surface area contributed by atoms with Crippen LogP contribution in [0.1, 0.15) is 27.6 Å². The summed E-state index contributed by atoms with van der Waals surface area (Å²) < 4.78 is 6.20. The molecule has 0 fully saturated rings. The number of carboxylic acids is 1. The minimum absolute atomic E-state index is 0.0244. The van der Waals surface area contributed by atoms with Crippen molar-refractivity contribution in [3.63, 3.8) is 0 Å². The van der Waals surface area contributed by atoms with Gasteiger partial charge in [-0.25, -0.2) is 9.78 Å². The molecule has 96 valence electrons. The Morgan fingerprint density at radius 1 is 1.61 bits per heavy atom. The number of nitrogens with zero attached hydrogens (tertiary/aromatic N) is 1. The highest BCUT2D eigenvalue weighted by molar-refractivity contribution is 8.00. The van der Waals surface area contributed by atoms with Gasteiger partial charge in [0.15, 0.2) is 5.13 Å². The molecule has 0 atom stereocenters. The van der Waals surface area contributed by atoms with E-state index in [9.17, 15) is 4.79 Å². The van der Waals surface area contributed by atoms with Gasteiger partial charge in [0.25, 0.3) is 0 Å². The van der Waals surface area contributed by atoms with Crippen LogP contribution in [-0.2, 0) is 5.75 Å². The monoisotopic (exact) mass is 284 g/mol. The van der Waals surface area contributed by atoms with Crippen molar-refractivity contribution in [2.75, 3.05) is 5.73 Å². The molecule has 2 aromatic rings. The van der Waals surface area contributed by atoms with Crippen molar-refractivity contribution < 1.29 is 14.3 Å². The first kappa shape index (κ1) is 13.0. The molecular weight excluding hydrogens is 272 g/mol. The van der Waals surface area contributed by atoms with E-state index in [1.165, 1.54) is 11.3 Å². The highest BCUT2D eigenvalue weighted by Crippen LogP contribution is 2.33. The molecule has 0 bridgehead atoms. The molecule has 2 heterocycles. The second-order valence-electron chi connectivity index (χ2n) is 3.71. The average molecular weight is 284 g/mol. The third-order valence-electron chi connectivity index (χ3n) is 2.36. The number of aromatic nitrogens is 1. The Morgan fingerprint density at radius 3 is 2.83 bits per heavy atom. The number of nitrogens with two attached hydrogens (primary N) is 1. The molecule has 0 radical (unpaired) electrons. The number of nitrogen functional groups attached to an aromatic ring is 1. The Morgan fingerprint density at radius 2 is 2.33 bits per heavy atom. The SMILES string of the molecule is Cc1nc(N)sc1SCc1cc(C(=O)O)oc1C. The van der Waals surface area contributed by atoms with Crippen LogP contribution in [0.5, 0.6) is 0 Å². The van der Waals surface area contributed by atoms with Crippen LogP contribution in [0.25, 0.3) is 0 Å². The van der Waals surface area contributed by atoms with Gasteiger partial charge in [-0.3, -0.25) is 0 Å². The molecule has 0 aliphatic rings. The van der Waals surface area contributed by atoms with Crippen molar-refractivity contribution in [2.24, 2.45) is 0 Å². The minimum atomic E-state index is -1.05. The van der Waals surface area contributed by atoms with Gasteiger partial charge < -0.3 is 15.3 Å². The summed E-state index contributed by atoms with van der Waals surface area (Å²) in [4.78, 5) is 14.9. The number of hydrogen-bond acceptors (Lipinski definition) is 6. The molecule has 0 aliphatic heterocycles. The Hall–Kier alpha value is -1.47. The zero-order valence-corrected chi connectivity index (χ0v) is 11.5. The zero-order chi connectivity index (χ0) is 13.3. The first-order valence-electron chi connectivity index (χ1n) is 5.15. The Bertz CT molecular complexity index is 589. The van der Waals surface area contributed by atoms with Crippen LogP contribution in [0.15, 0.2) is 14.7 Å². The summed E-state index contributed by atoms with van der Waals surface area (Å²) >= 11 is 3.02. The first-order valence-corrected chi connectivity index (χ1v) is 6.96. The Balaban J connectivity index is 2.10. The van der Waals surface area contributed by atoms with Crippen molar-refractivity contribution in [2.45, 2.75) is 23.8 Å². The second-order valence-corrected chi connectivity index (χ2v) is 5.99. The fraction of sp³-hybridized carbons (Fsp3) is 0.273. The number of aromatic carboxylic acids is 1. The van der Waals surface area contributed by atoms with Crippen molar-refractivity contribution in [3.05, 3.63) is 28.8 Å². The van der Waals surface area contributed by atoms with E-state index >= 15 is 0 Å². The molecule has 0 saturated heterocycles. The standard InChI is InChI=1S/C11H12N2O3S2/c1-5-10(18-11(12)13-5)17-4-7-3-8(9(14)15)16-6(7)2/h3H,4H2,1-2H3,(H2,12,13)(H,14,15). The number of hydrogen-bond donors (Lipinski definition) is 2. The van der Waals surface area contributed by atoms with E-state index in [1.54, 1.807) is 24.8 Å². The highest BCUT2D eigenvalue weighted by atomic mass is 32.2. The predicted octanol–water partition coefficient (Wildman–Crippen LogP) is 2.93. The number of carbonyl (C=O) groups is 1. The fourth-order valence-electron chi connectivity index (χ4n) is 1.45. The number of rotatable bonds is 4. The minimum Gasteiger partial charge on any atom is -0.475 e. The molecule has 2 aromatic heterocycles. The maximum atomic E-state index is 10.8. The molecule has 2 rings (SSSR count). The lowest BCUT2D eigenvalue weighted by molar-refractivity contribution is 0.0661. The molecule has 7 heteroatoms. The molecule has 5 nitrogen and oxygen atoms in total. The van der Waals surface area contributed by atoms with Gasteiger partial charge >= 0.3 is 5.97 Å². The average Bonchev–Trinajstić information content (AvgIpc) is 2.79. The maximum absolute atomic E-state index is 10.8. The molecular formula is C11H12N2O3S2. The van der Waals surface area contributed by atoms with Crippen LogP contribution < -0.4 is 5.73 Å². The number of furan rings is 1. The van der Waals surface area contributed by atoms with Crippen LogP contribution >= 0.6 is 23.1 Å². The van der Waals surface area contributed by atoms with Gasteiger partial charge in [-0.2, -0.15) is 0 Å². The molecule has 3 N–H and O–H groups in total. The fourth-order valence-corrected chi connectivity index (χ4v) is 3.51. The highest BCUT2D eigenvalue weighted by Gasteiger charge is 2.14. The van der Waals surface area contributed by atoms with Crippen LogP contribution in [0.3, 0.4) is 0 Å². The van der Waals surface area contributed by atoms with E-state index in [2.05, 4.69) is 4.98 Å². The summed E-state index contributed by atoms with van der Waals surface area (Å²) in [6.07, 6.45) is 0. The molecule has 0 saturated carbocycles. The van der Waals surface area contributed by atoms with Gasteiger partial charge in [-0.15, -0.1) is 11.8 Å². The summed E-state index contributed by atoms with van der Waals surface area (Å²) in [5.74, 6) is 0.205. The van der Waals surface area contributed by atoms with Crippen molar-refractivity contribution in [3.8, 4) is 0 Å². The van der Waals surface area contributed by atoms with E-state index in [1.807, 2.05) is 6.92 Å². The smallest absolute Gasteiger partial charge is 0.371 e. The Kier molecular flexibility index (Phi) is 3.63. The lowest BCUT2D eigenvalue weighted by atomic mass is 10.3. The van der Waals surface area contributed by atoms with Crippen molar-refractivity contribution in [1.82, 2.24) is 4.98 Å². The van der Waals surface area contributed by atoms with E-state index in [-0.39, 0.29) is 5.76 Å². The summed E-state index contributed by atoms with van der Waals surface area (Å²) in [7, 11) is 0. The van der Waals surface area contributed by atoms with Gasteiger partial charge in [0.1, 0.15) is 5.76 Å². The molecule has 0 amide bonds. The molecule has 0 aromatic carbocycles. The van der Waals surface area contributed by atoms with E-state index in [0.29, 0.717) is 16.6 Å². The van der Waals surface area contributed by atoms with E-state index < -0.39 is 5.97 Å². The number of carboxylic acid groups (broad SMARTS) is 1. The first-order chi connectivity index (χ1) is 8.47. The molecule has 0 aliphatic carbocycles. The van der Waals surface area contributed by atoms with Crippen molar-refractivity contribution in [1.29, 1.82) is 0 Å².